The molecule has 36 heavy (non-hydrogen) atoms. The highest BCUT2D eigenvalue weighted by molar-refractivity contribution is 5.97. The number of ether oxygens (including phenoxy) is 1. The van der Waals surface area contributed by atoms with E-state index in [1.807, 2.05) is 59.5 Å². The van der Waals surface area contributed by atoms with E-state index in [0.29, 0.717) is 44.0 Å². The Labute approximate surface area is 224 Å². The van der Waals surface area contributed by atoms with Gasteiger partial charge in [-0.05, 0) is 43.5 Å². The van der Waals surface area contributed by atoms with Gasteiger partial charge in [0.15, 0.2) is 0 Å². The SMILES string of the molecule is COc1cc(C(=O)N2CCCCNC(=O)CC(c3ccccc3)NCCC2)nc2ccccc12.Cl.Cl. The van der Waals surface area contributed by atoms with Crippen LogP contribution in [0.5, 0.6) is 5.75 Å². The molecule has 0 bridgehead atoms. The van der Waals surface area contributed by atoms with E-state index in [0.717, 1.165) is 35.7 Å². The van der Waals surface area contributed by atoms with E-state index in [4.69, 9.17) is 4.74 Å². The lowest BCUT2D eigenvalue weighted by Gasteiger charge is -2.23. The molecule has 2 N–H and O–H groups in total. The van der Waals surface area contributed by atoms with Crippen molar-refractivity contribution in [3.63, 3.8) is 0 Å². The minimum absolute atomic E-state index is 0. The van der Waals surface area contributed by atoms with E-state index in [1.165, 1.54) is 0 Å². The van der Waals surface area contributed by atoms with Gasteiger partial charge >= 0.3 is 0 Å². The van der Waals surface area contributed by atoms with Crippen LogP contribution in [-0.4, -0.2) is 55.0 Å². The van der Waals surface area contributed by atoms with Crippen molar-refractivity contribution in [3.8, 4) is 5.75 Å². The molecular weight excluding hydrogens is 499 g/mol. The van der Waals surface area contributed by atoms with Crippen molar-refractivity contribution in [2.75, 3.05) is 33.3 Å². The quantitative estimate of drug-likeness (QED) is 0.516. The molecule has 2 amide bonds. The minimum atomic E-state index is -0.0948. The number of hydrogen-bond acceptors (Lipinski definition) is 5. The molecule has 9 heteroatoms. The highest BCUT2D eigenvalue weighted by Gasteiger charge is 2.21. The number of amides is 2. The maximum absolute atomic E-state index is 13.5. The van der Waals surface area contributed by atoms with Crippen molar-refractivity contribution in [2.24, 2.45) is 0 Å². The van der Waals surface area contributed by atoms with Crippen LogP contribution in [0.25, 0.3) is 10.9 Å². The van der Waals surface area contributed by atoms with Gasteiger partial charge in [-0.1, -0.05) is 42.5 Å². The summed E-state index contributed by atoms with van der Waals surface area (Å²) in [5, 5.41) is 7.42. The number of hydrogen-bond donors (Lipinski definition) is 2. The molecule has 1 saturated heterocycles. The van der Waals surface area contributed by atoms with Crippen LogP contribution in [0.4, 0.5) is 0 Å². The van der Waals surface area contributed by atoms with Crippen LogP contribution in [0.2, 0.25) is 0 Å². The van der Waals surface area contributed by atoms with Gasteiger partial charge in [-0.2, -0.15) is 0 Å². The number of carbonyl (C=O) groups excluding carboxylic acids is 2. The van der Waals surface area contributed by atoms with Gasteiger partial charge in [0.2, 0.25) is 5.91 Å². The Kier molecular flexibility index (Phi) is 11.9. The fraction of sp³-hybridized carbons (Fsp3) is 0.370. The van der Waals surface area contributed by atoms with Crippen LogP contribution in [0.1, 0.15) is 47.8 Å². The zero-order valence-corrected chi connectivity index (χ0v) is 22.1. The number of para-hydroxylation sites is 1. The molecule has 4 rings (SSSR count). The van der Waals surface area contributed by atoms with E-state index >= 15 is 0 Å². The van der Waals surface area contributed by atoms with Gasteiger partial charge in [-0.15, -0.1) is 24.8 Å². The highest BCUT2D eigenvalue weighted by atomic mass is 35.5. The third-order valence-electron chi connectivity index (χ3n) is 6.17. The summed E-state index contributed by atoms with van der Waals surface area (Å²) in [4.78, 5) is 32.4. The first kappa shape index (κ1) is 29.4. The molecule has 0 spiro atoms. The predicted molar refractivity (Wildman–Crippen MR) is 147 cm³/mol. The van der Waals surface area contributed by atoms with Crippen molar-refractivity contribution in [2.45, 2.75) is 31.7 Å². The highest BCUT2D eigenvalue weighted by Crippen LogP contribution is 2.25. The van der Waals surface area contributed by atoms with Crippen molar-refractivity contribution < 1.29 is 14.3 Å². The molecule has 2 aromatic carbocycles. The van der Waals surface area contributed by atoms with Crippen LogP contribution >= 0.6 is 24.8 Å². The number of fused-ring (bicyclic) bond motifs is 1. The van der Waals surface area contributed by atoms with Crippen molar-refractivity contribution in [1.29, 1.82) is 0 Å². The summed E-state index contributed by atoms with van der Waals surface area (Å²) in [6.07, 6.45) is 2.80. The Bertz CT molecular complexity index is 1130. The number of halogens is 2. The molecule has 1 unspecified atom stereocenters. The van der Waals surface area contributed by atoms with Crippen LogP contribution in [0.15, 0.2) is 60.7 Å². The Hall–Kier alpha value is -2.87. The van der Waals surface area contributed by atoms with Crippen LogP contribution in [0, 0.1) is 0 Å². The van der Waals surface area contributed by atoms with Crippen molar-refractivity contribution in [1.82, 2.24) is 20.5 Å². The first-order chi connectivity index (χ1) is 16.7. The fourth-order valence-electron chi connectivity index (χ4n) is 4.35. The molecule has 2 heterocycles. The third-order valence-corrected chi connectivity index (χ3v) is 6.17. The molecule has 194 valence electrons. The largest absolute Gasteiger partial charge is 0.496 e. The average Bonchev–Trinajstić information content (AvgIpc) is 2.89. The molecular formula is C27H34Cl2N4O3. The summed E-state index contributed by atoms with van der Waals surface area (Å²) in [5.41, 5.74) is 2.22. The zero-order valence-electron chi connectivity index (χ0n) is 20.4. The second kappa shape index (κ2) is 14.6. The summed E-state index contributed by atoms with van der Waals surface area (Å²) < 4.78 is 5.53. The van der Waals surface area contributed by atoms with Gasteiger partial charge in [-0.25, -0.2) is 4.98 Å². The van der Waals surface area contributed by atoms with E-state index in [-0.39, 0.29) is 42.7 Å². The summed E-state index contributed by atoms with van der Waals surface area (Å²) in [6.45, 7) is 2.54. The van der Waals surface area contributed by atoms with Gasteiger partial charge < -0.3 is 20.3 Å². The Morgan fingerprint density at radius 1 is 0.972 bits per heavy atom. The molecule has 1 fully saturated rings. The normalized spacial score (nSPS) is 17.3. The number of carbonyl (C=O) groups is 2. The average molecular weight is 534 g/mol. The number of aromatic nitrogens is 1. The van der Waals surface area contributed by atoms with Crippen molar-refractivity contribution in [3.05, 3.63) is 71.9 Å². The maximum Gasteiger partial charge on any atom is 0.272 e. The molecule has 1 aromatic heterocycles. The van der Waals surface area contributed by atoms with E-state index in [9.17, 15) is 9.59 Å². The molecule has 0 radical (unpaired) electrons. The van der Waals surface area contributed by atoms with Gasteiger partial charge in [-0.3, -0.25) is 9.59 Å². The number of methoxy groups -OCH3 is 1. The van der Waals surface area contributed by atoms with Gasteiger partial charge in [0.05, 0.1) is 12.6 Å². The molecule has 1 aliphatic rings. The first-order valence-corrected chi connectivity index (χ1v) is 11.9. The number of nitrogens with one attached hydrogen (secondary N) is 2. The molecule has 0 aliphatic carbocycles. The maximum atomic E-state index is 13.5. The Morgan fingerprint density at radius 3 is 2.47 bits per heavy atom. The minimum Gasteiger partial charge on any atom is -0.496 e. The molecule has 1 atom stereocenters. The van der Waals surface area contributed by atoms with Crippen molar-refractivity contribution >= 4 is 47.5 Å². The second-order valence-corrected chi connectivity index (χ2v) is 8.55. The van der Waals surface area contributed by atoms with E-state index in [2.05, 4.69) is 15.6 Å². The van der Waals surface area contributed by atoms with E-state index in [1.54, 1.807) is 13.2 Å². The smallest absolute Gasteiger partial charge is 0.272 e. The topological polar surface area (TPSA) is 83.6 Å². The Balaban J connectivity index is 0.00000228. The summed E-state index contributed by atoms with van der Waals surface area (Å²) >= 11 is 0. The lowest BCUT2D eigenvalue weighted by atomic mass is 10.0. The van der Waals surface area contributed by atoms with Crippen LogP contribution in [-0.2, 0) is 4.79 Å². The Morgan fingerprint density at radius 2 is 1.69 bits per heavy atom. The summed E-state index contributed by atoms with van der Waals surface area (Å²) in [5.74, 6) is 0.596. The summed E-state index contributed by atoms with van der Waals surface area (Å²) in [6, 6.07) is 19.4. The van der Waals surface area contributed by atoms with Crippen LogP contribution in [0.3, 0.4) is 0 Å². The monoisotopic (exact) mass is 532 g/mol. The number of nitrogens with zero attached hydrogens (tertiary/aromatic N) is 2. The van der Waals surface area contributed by atoms with Crippen LogP contribution < -0.4 is 15.4 Å². The third kappa shape index (κ3) is 7.56. The molecule has 1 aliphatic heterocycles. The lowest BCUT2D eigenvalue weighted by Crippen LogP contribution is -2.35. The van der Waals surface area contributed by atoms with E-state index < -0.39 is 0 Å². The second-order valence-electron chi connectivity index (χ2n) is 8.55. The number of pyridine rings is 1. The zero-order chi connectivity index (χ0) is 23.8. The molecule has 0 saturated carbocycles. The molecule has 7 nitrogen and oxygen atoms in total. The standard InChI is InChI=1S/C27H32N4O3.2ClH/c1-34-25-18-24(30-22-13-6-5-12-21(22)25)27(33)31-16-8-7-14-29-26(32)19-23(28-15-9-17-31)20-10-3-2-4-11-20;;/h2-6,10-13,18,23,28H,7-9,14-17,19H2,1H3,(H,29,32);2*1H. The predicted octanol–water partition coefficient (Wildman–Crippen LogP) is 4.55. The lowest BCUT2D eigenvalue weighted by molar-refractivity contribution is -0.121. The summed E-state index contributed by atoms with van der Waals surface area (Å²) in [7, 11) is 1.61. The number of rotatable bonds is 3. The van der Waals surface area contributed by atoms with Gasteiger partial charge in [0.1, 0.15) is 11.4 Å². The van der Waals surface area contributed by atoms with Gasteiger partial charge in [0, 0.05) is 43.5 Å². The molecule has 3 aromatic rings. The number of benzene rings is 2. The van der Waals surface area contributed by atoms with Gasteiger partial charge in [0.25, 0.3) is 5.91 Å². The fourth-order valence-corrected chi connectivity index (χ4v) is 4.35. The first-order valence-electron chi connectivity index (χ1n) is 11.9.